The van der Waals surface area contributed by atoms with E-state index in [0.717, 1.165) is 12.1 Å². The van der Waals surface area contributed by atoms with Gasteiger partial charge in [-0.1, -0.05) is 6.07 Å². The first-order valence-corrected chi connectivity index (χ1v) is 8.02. The van der Waals surface area contributed by atoms with Crippen LogP contribution in [0.15, 0.2) is 36.4 Å². The van der Waals surface area contributed by atoms with Crippen molar-refractivity contribution in [1.29, 1.82) is 0 Å². The number of aromatic carboxylic acids is 1. The summed E-state index contributed by atoms with van der Waals surface area (Å²) < 4.78 is 57.8. The summed E-state index contributed by atoms with van der Waals surface area (Å²) in [5, 5.41) is 11.6. The minimum atomic E-state index is -4.68. The van der Waals surface area contributed by atoms with Crippen LogP contribution in [0.1, 0.15) is 36.7 Å². The Balaban J connectivity index is 2.46. The molecular weight excluding hydrogens is 382 g/mol. The van der Waals surface area contributed by atoms with Crippen LogP contribution in [0.4, 0.5) is 28.0 Å². The molecule has 0 fully saturated rings. The summed E-state index contributed by atoms with van der Waals surface area (Å²) in [6.45, 7) is 4.85. The second-order valence-corrected chi connectivity index (χ2v) is 6.88. The zero-order valence-electron chi connectivity index (χ0n) is 15.1. The summed E-state index contributed by atoms with van der Waals surface area (Å²) in [5.74, 6) is -2.41. The van der Waals surface area contributed by atoms with E-state index in [2.05, 4.69) is 5.32 Å². The molecule has 0 spiro atoms. The number of halogens is 4. The Morgan fingerprint density at radius 2 is 1.68 bits per heavy atom. The van der Waals surface area contributed by atoms with Gasteiger partial charge in [-0.15, -0.1) is 0 Å². The van der Waals surface area contributed by atoms with Gasteiger partial charge in [0.15, 0.2) is 0 Å². The summed E-state index contributed by atoms with van der Waals surface area (Å²) in [4.78, 5) is 23.4. The topological polar surface area (TPSA) is 75.6 Å². The van der Waals surface area contributed by atoms with Gasteiger partial charge in [-0.25, -0.2) is 14.0 Å². The van der Waals surface area contributed by atoms with Crippen molar-refractivity contribution in [2.24, 2.45) is 0 Å². The Morgan fingerprint density at radius 3 is 2.21 bits per heavy atom. The van der Waals surface area contributed by atoms with Crippen LogP contribution in [0.3, 0.4) is 0 Å². The number of anilines is 1. The van der Waals surface area contributed by atoms with Crippen molar-refractivity contribution < 1.29 is 37.0 Å². The molecular formula is C19H17F4NO4. The first-order valence-electron chi connectivity index (χ1n) is 8.02. The number of carboxylic acids is 1. The molecule has 1 amide bonds. The summed E-state index contributed by atoms with van der Waals surface area (Å²) in [6, 6.07) is 5.19. The standard InChI is InChI=1S/C19H17F4NO4/c1-18(2,3)28-17(27)24-15-7-4-10(8-13(15)16(25)26)12-9-11(19(21,22)23)5-6-14(12)20/h4-9H,1-3H3,(H,24,27)(H,25,26). The van der Waals surface area contributed by atoms with Crippen molar-refractivity contribution in [3.63, 3.8) is 0 Å². The molecule has 2 N–H and O–H groups in total. The van der Waals surface area contributed by atoms with Gasteiger partial charge < -0.3 is 9.84 Å². The highest BCUT2D eigenvalue weighted by Gasteiger charge is 2.31. The lowest BCUT2D eigenvalue weighted by Gasteiger charge is -2.20. The summed E-state index contributed by atoms with van der Waals surface area (Å²) in [5.41, 5.74) is -2.97. The Hall–Kier alpha value is -3.10. The van der Waals surface area contributed by atoms with Crippen LogP contribution in [-0.4, -0.2) is 22.8 Å². The third kappa shape index (κ3) is 5.21. The van der Waals surface area contributed by atoms with Gasteiger partial charge in [-0.05, 0) is 56.7 Å². The minimum Gasteiger partial charge on any atom is -0.478 e. The fraction of sp³-hybridized carbons (Fsp3) is 0.263. The van der Waals surface area contributed by atoms with Crippen molar-refractivity contribution in [2.75, 3.05) is 5.32 Å². The molecule has 0 atom stereocenters. The molecule has 150 valence electrons. The number of rotatable bonds is 3. The maximum Gasteiger partial charge on any atom is 0.416 e. The molecule has 2 aromatic carbocycles. The van der Waals surface area contributed by atoms with Gasteiger partial charge in [-0.2, -0.15) is 13.2 Å². The minimum absolute atomic E-state index is 0.0873. The van der Waals surface area contributed by atoms with Crippen LogP contribution in [0.25, 0.3) is 11.1 Å². The first kappa shape index (κ1) is 21.2. The van der Waals surface area contributed by atoms with Crippen LogP contribution >= 0.6 is 0 Å². The van der Waals surface area contributed by atoms with Crippen LogP contribution in [0.2, 0.25) is 0 Å². The normalized spacial score (nSPS) is 11.8. The second kappa shape index (κ2) is 7.49. The van der Waals surface area contributed by atoms with Crippen molar-refractivity contribution >= 4 is 17.7 Å². The maximum absolute atomic E-state index is 14.1. The third-order valence-corrected chi connectivity index (χ3v) is 3.49. The number of ether oxygens (including phenoxy) is 1. The van der Waals surface area contributed by atoms with Gasteiger partial charge in [0.1, 0.15) is 11.4 Å². The zero-order chi connectivity index (χ0) is 21.3. The van der Waals surface area contributed by atoms with E-state index in [1.807, 2.05) is 0 Å². The number of carbonyl (C=O) groups excluding carboxylic acids is 1. The van der Waals surface area contributed by atoms with Gasteiger partial charge in [0.2, 0.25) is 0 Å². The molecule has 0 aliphatic heterocycles. The number of amides is 1. The molecule has 5 nitrogen and oxygen atoms in total. The summed E-state index contributed by atoms with van der Waals surface area (Å²) in [7, 11) is 0. The molecule has 0 saturated carbocycles. The molecule has 0 heterocycles. The molecule has 0 aliphatic carbocycles. The number of hydrogen-bond acceptors (Lipinski definition) is 3. The molecule has 0 unspecified atom stereocenters. The lowest BCUT2D eigenvalue weighted by Crippen LogP contribution is -2.27. The van der Waals surface area contributed by atoms with E-state index in [9.17, 15) is 32.3 Å². The molecule has 0 aromatic heterocycles. The molecule has 2 aromatic rings. The van der Waals surface area contributed by atoms with Gasteiger partial charge >= 0.3 is 18.2 Å². The van der Waals surface area contributed by atoms with Gasteiger partial charge in [0, 0.05) is 5.56 Å². The van der Waals surface area contributed by atoms with Crippen LogP contribution in [0.5, 0.6) is 0 Å². The lowest BCUT2D eigenvalue weighted by atomic mass is 9.99. The van der Waals surface area contributed by atoms with E-state index in [-0.39, 0.29) is 11.3 Å². The molecule has 0 radical (unpaired) electrons. The van der Waals surface area contributed by atoms with Crippen molar-refractivity contribution in [2.45, 2.75) is 32.5 Å². The molecule has 28 heavy (non-hydrogen) atoms. The average molecular weight is 399 g/mol. The average Bonchev–Trinajstić information content (AvgIpc) is 2.52. The number of benzene rings is 2. The molecule has 9 heteroatoms. The molecule has 0 bridgehead atoms. The molecule has 0 aliphatic rings. The second-order valence-electron chi connectivity index (χ2n) is 6.88. The van der Waals surface area contributed by atoms with E-state index in [4.69, 9.17) is 4.74 Å². The Morgan fingerprint density at radius 1 is 1.04 bits per heavy atom. The van der Waals surface area contributed by atoms with Crippen LogP contribution in [-0.2, 0) is 10.9 Å². The van der Waals surface area contributed by atoms with E-state index < -0.39 is 46.3 Å². The van der Waals surface area contributed by atoms with E-state index >= 15 is 0 Å². The van der Waals surface area contributed by atoms with Crippen molar-refractivity contribution in [1.82, 2.24) is 0 Å². The van der Waals surface area contributed by atoms with Crippen LogP contribution < -0.4 is 5.32 Å². The highest BCUT2D eigenvalue weighted by molar-refractivity contribution is 6.00. The fourth-order valence-corrected chi connectivity index (χ4v) is 2.33. The smallest absolute Gasteiger partial charge is 0.416 e. The van der Waals surface area contributed by atoms with Gasteiger partial charge in [0.05, 0.1) is 16.8 Å². The predicted molar refractivity (Wildman–Crippen MR) is 93.7 cm³/mol. The quantitative estimate of drug-likeness (QED) is 0.663. The largest absolute Gasteiger partial charge is 0.478 e. The number of carbonyl (C=O) groups is 2. The lowest BCUT2D eigenvalue weighted by molar-refractivity contribution is -0.137. The van der Waals surface area contributed by atoms with Crippen molar-refractivity contribution in [3.05, 3.63) is 53.3 Å². The number of carboxylic acid groups (broad SMARTS) is 1. The zero-order valence-corrected chi connectivity index (χ0v) is 15.1. The third-order valence-electron chi connectivity index (χ3n) is 3.49. The highest BCUT2D eigenvalue weighted by Crippen LogP contribution is 2.34. The Bertz CT molecular complexity index is 917. The monoisotopic (exact) mass is 399 g/mol. The first-order chi connectivity index (χ1) is 12.8. The molecule has 0 saturated heterocycles. The Labute approximate surface area is 157 Å². The highest BCUT2D eigenvalue weighted by atomic mass is 19.4. The van der Waals surface area contributed by atoms with Gasteiger partial charge in [-0.3, -0.25) is 5.32 Å². The summed E-state index contributed by atoms with van der Waals surface area (Å²) >= 11 is 0. The summed E-state index contributed by atoms with van der Waals surface area (Å²) in [6.07, 6.45) is -5.59. The van der Waals surface area contributed by atoms with Gasteiger partial charge in [0.25, 0.3) is 0 Å². The predicted octanol–water partition coefficient (Wildman–Crippen LogP) is 5.56. The fourth-order valence-electron chi connectivity index (χ4n) is 2.33. The Kier molecular flexibility index (Phi) is 5.67. The van der Waals surface area contributed by atoms with Crippen LogP contribution in [0, 0.1) is 5.82 Å². The number of hydrogen-bond donors (Lipinski definition) is 2. The van der Waals surface area contributed by atoms with Crippen molar-refractivity contribution in [3.8, 4) is 11.1 Å². The van der Waals surface area contributed by atoms with E-state index in [1.54, 1.807) is 20.8 Å². The SMILES string of the molecule is CC(C)(C)OC(=O)Nc1ccc(-c2cc(C(F)(F)F)ccc2F)cc1C(=O)O. The number of nitrogens with one attached hydrogen (secondary N) is 1. The molecule has 2 rings (SSSR count). The van der Waals surface area contributed by atoms with E-state index in [1.165, 1.54) is 6.07 Å². The van der Waals surface area contributed by atoms with E-state index in [0.29, 0.717) is 18.2 Å². The maximum atomic E-state index is 14.1. The number of alkyl halides is 3.